The van der Waals surface area contributed by atoms with Crippen molar-refractivity contribution in [2.75, 3.05) is 31.4 Å². The summed E-state index contributed by atoms with van der Waals surface area (Å²) >= 11 is 5.56. The average Bonchev–Trinajstić information content (AvgIpc) is 2.82. The molecule has 1 atom stereocenters. The first-order valence-corrected chi connectivity index (χ1v) is 13.2. The number of benzene rings is 2. The highest BCUT2D eigenvalue weighted by molar-refractivity contribution is 7.89. The molecule has 0 saturated heterocycles. The molecule has 186 valence electrons. The number of sulfonamides is 1. The molecule has 0 fully saturated rings. The molecule has 0 radical (unpaired) electrons. The van der Waals surface area contributed by atoms with E-state index < -0.39 is 16.1 Å². The average molecular weight is 499 g/mol. The lowest BCUT2D eigenvalue weighted by molar-refractivity contribution is -0.118. The van der Waals surface area contributed by atoms with Crippen LogP contribution in [0.2, 0.25) is 0 Å². The molecular formula is C24H39ClN4O3S. The van der Waals surface area contributed by atoms with Crippen LogP contribution in [0.5, 0.6) is 0 Å². The van der Waals surface area contributed by atoms with E-state index in [-0.39, 0.29) is 16.6 Å². The topological polar surface area (TPSA) is 105 Å². The molecule has 2 aromatic carbocycles. The molecule has 2 rings (SSSR count). The molecule has 7 nitrogen and oxygen atoms in total. The Morgan fingerprint density at radius 3 is 2.21 bits per heavy atom. The summed E-state index contributed by atoms with van der Waals surface area (Å²) in [5.41, 5.74) is 6.56. The number of hydrogen-bond acceptors (Lipinski definition) is 5. The van der Waals surface area contributed by atoms with Gasteiger partial charge in [-0.3, -0.25) is 9.79 Å². The molecule has 0 aliphatic heterocycles. The number of Topliss-reactive ketones (excluding diaryl/α,β-unsaturated/α-hetero) is 1. The van der Waals surface area contributed by atoms with E-state index in [1.807, 2.05) is 64.9 Å². The number of carbonyl (C=O) groups is 1. The number of alkyl halides is 1. The van der Waals surface area contributed by atoms with E-state index in [1.165, 1.54) is 6.92 Å². The molecule has 0 aliphatic rings. The van der Waals surface area contributed by atoms with Crippen LogP contribution in [0.15, 0.2) is 46.3 Å². The molecule has 3 N–H and O–H groups in total. The minimum atomic E-state index is -3.84. The Hall–Kier alpha value is -2.16. The van der Waals surface area contributed by atoms with Gasteiger partial charge in [0, 0.05) is 26.3 Å². The van der Waals surface area contributed by atoms with Gasteiger partial charge in [-0.05, 0) is 54.8 Å². The number of carbonyl (C=O) groups excluding carboxylic acids is 1. The number of fused-ring (bicyclic) bond motifs is 1. The second-order valence-corrected chi connectivity index (χ2v) is 9.00. The first kappa shape index (κ1) is 30.8. The molecule has 0 heterocycles. The van der Waals surface area contributed by atoms with Crippen molar-refractivity contribution in [3.63, 3.8) is 0 Å². The van der Waals surface area contributed by atoms with Gasteiger partial charge in [0.2, 0.25) is 10.0 Å². The third-order valence-electron chi connectivity index (χ3n) is 4.51. The first-order chi connectivity index (χ1) is 15.6. The van der Waals surface area contributed by atoms with Gasteiger partial charge < -0.3 is 10.6 Å². The Morgan fingerprint density at radius 2 is 1.67 bits per heavy atom. The molecule has 0 aromatic heterocycles. The number of halogens is 1. The van der Waals surface area contributed by atoms with Crippen LogP contribution in [0.3, 0.4) is 0 Å². The fourth-order valence-electron chi connectivity index (χ4n) is 2.82. The summed E-state index contributed by atoms with van der Waals surface area (Å²) in [4.78, 5) is 18.1. The molecular weight excluding hydrogens is 460 g/mol. The number of anilines is 1. The zero-order chi connectivity index (χ0) is 25.6. The van der Waals surface area contributed by atoms with Crippen LogP contribution in [0.4, 0.5) is 5.69 Å². The molecule has 0 unspecified atom stereocenters. The largest absolute Gasteiger partial charge is 0.386 e. The molecule has 0 bridgehead atoms. The van der Waals surface area contributed by atoms with Gasteiger partial charge in [0.15, 0.2) is 0 Å². The van der Waals surface area contributed by atoms with Crippen LogP contribution in [0, 0.1) is 0 Å². The number of nitrogens with one attached hydrogen (secondary N) is 1. The molecule has 33 heavy (non-hydrogen) atoms. The minimum Gasteiger partial charge on any atom is -0.386 e. The summed E-state index contributed by atoms with van der Waals surface area (Å²) < 4.78 is 28.1. The van der Waals surface area contributed by atoms with Crippen molar-refractivity contribution in [2.45, 2.75) is 58.4 Å². The highest BCUT2D eigenvalue weighted by atomic mass is 35.5. The third kappa shape index (κ3) is 10.1. The molecule has 9 heteroatoms. The van der Waals surface area contributed by atoms with Gasteiger partial charge in [-0.2, -0.15) is 0 Å². The summed E-state index contributed by atoms with van der Waals surface area (Å²) in [5, 5.41) is 1.75. The van der Waals surface area contributed by atoms with Gasteiger partial charge in [0.05, 0.1) is 16.8 Å². The van der Waals surface area contributed by atoms with Crippen LogP contribution in [0.1, 0.15) is 47.5 Å². The summed E-state index contributed by atoms with van der Waals surface area (Å²) in [5.74, 6) is 0.209. The lowest BCUT2D eigenvalue weighted by Gasteiger charge is -2.17. The Kier molecular flexibility index (Phi) is 14.6. The van der Waals surface area contributed by atoms with Gasteiger partial charge in [0.1, 0.15) is 11.6 Å². The zero-order valence-corrected chi connectivity index (χ0v) is 22.4. The predicted molar refractivity (Wildman–Crippen MR) is 142 cm³/mol. The van der Waals surface area contributed by atoms with E-state index >= 15 is 0 Å². The first-order valence-electron chi connectivity index (χ1n) is 11.2. The molecule has 0 saturated carbocycles. The summed E-state index contributed by atoms with van der Waals surface area (Å²) in [6.45, 7) is 9.75. The van der Waals surface area contributed by atoms with Gasteiger partial charge in [0.25, 0.3) is 0 Å². The molecule has 0 amide bonds. The van der Waals surface area contributed by atoms with Gasteiger partial charge in [-0.1, -0.05) is 39.8 Å². The van der Waals surface area contributed by atoms with E-state index in [2.05, 4.69) is 9.71 Å². The smallest absolute Gasteiger partial charge is 0.241 e. The van der Waals surface area contributed by atoms with Crippen LogP contribution in [-0.2, 0) is 14.8 Å². The van der Waals surface area contributed by atoms with E-state index in [1.54, 1.807) is 18.2 Å². The molecule has 0 aliphatic carbocycles. The number of hydrogen-bond donors (Lipinski definition) is 2. The second-order valence-electron chi connectivity index (χ2n) is 7.02. The van der Waals surface area contributed by atoms with Gasteiger partial charge >= 0.3 is 0 Å². The predicted octanol–water partition coefficient (Wildman–Crippen LogP) is 4.57. The van der Waals surface area contributed by atoms with E-state index in [0.717, 1.165) is 16.5 Å². The van der Waals surface area contributed by atoms with Crippen molar-refractivity contribution in [1.82, 2.24) is 4.72 Å². The number of amidine groups is 1. The van der Waals surface area contributed by atoms with Crippen molar-refractivity contribution in [1.29, 1.82) is 0 Å². The zero-order valence-electron chi connectivity index (χ0n) is 20.9. The summed E-state index contributed by atoms with van der Waals surface area (Å²) in [6.07, 6.45) is 0.836. The monoisotopic (exact) mass is 498 g/mol. The molecule has 0 spiro atoms. The highest BCUT2D eigenvalue weighted by Gasteiger charge is 2.23. The molecule has 2 aromatic rings. The maximum Gasteiger partial charge on any atom is 0.241 e. The van der Waals surface area contributed by atoms with Crippen LogP contribution in [0.25, 0.3) is 10.8 Å². The van der Waals surface area contributed by atoms with E-state index in [4.69, 9.17) is 17.3 Å². The standard InChI is InChI=1S/C20H27ClN4O3S.2C2H6/c1-14(26)19(5-4-10-23-20(22)13-21)24-29(27,28)18-9-7-15-11-17(25(2)3)8-6-16(15)12-18;2*1-2/h6-9,11-12,19,24H,4-5,10,13H2,1-3H3,(H2,22,23);2*1-2H3/t19-;;/m0../s1. The van der Waals surface area contributed by atoms with Crippen molar-refractivity contribution in [3.05, 3.63) is 36.4 Å². The maximum absolute atomic E-state index is 12.8. The number of rotatable bonds is 10. The Labute approximate surface area is 204 Å². The lowest BCUT2D eigenvalue weighted by Crippen LogP contribution is -2.39. The lowest BCUT2D eigenvalue weighted by atomic mass is 10.1. The second kappa shape index (κ2) is 15.6. The Balaban J connectivity index is 0.00000242. The van der Waals surface area contributed by atoms with Crippen LogP contribution >= 0.6 is 11.6 Å². The van der Waals surface area contributed by atoms with E-state index in [9.17, 15) is 13.2 Å². The maximum atomic E-state index is 12.8. The quantitative estimate of drug-likeness (QED) is 0.216. The van der Waals surface area contributed by atoms with Crippen molar-refractivity contribution < 1.29 is 13.2 Å². The highest BCUT2D eigenvalue weighted by Crippen LogP contribution is 2.24. The van der Waals surface area contributed by atoms with Gasteiger partial charge in [-0.25, -0.2) is 13.1 Å². The number of ketones is 1. The van der Waals surface area contributed by atoms with Crippen molar-refractivity contribution in [2.24, 2.45) is 10.7 Å². The van der Waals surface area contributed by atoms with Crippen LogP contribution < -0.4 is 15.4 Å². The minimum absolute atomic E-state index is 0.123. The number of nitrogens with two attached hydrogens (primary N) is 1. The van der Waals surface area contributed by atoms with Crippen LogP contribution in [-0.4, -0.2) is 52.6 Å². The Morgan fingerprint density at radius 1 is 1.09 bits per heavy atom. The summed E-state index contributed by atoms with van der Waals surface area (Å²) in [7, 11) is 0.0477. The van der Waals surface area contributed by atoms with Crippen molar-refractivity contribution in [3.8, 4) is 0 Å². The van der Waals surface area contributed by atoms with E-state index in [0.29, 0.717) is 25.2 Å². The Bertz CT molecular complexity index is 1010. The van der Waals surface area contributed by atoms with Crippen molar-refractivity contribution >= 4 is 49.7 Å². The fraction of sp³-hybridized carbons (Fsp3) is 0.500. The number of aliphatic imine (C=N–C) groups is 1. The normalized spacial score (nSPS) is 12.2. The van der Waals surface area contributed by atoms with Gasteiger partial charge in [-0.15, -0.1) is 11.6 Å². The number of nitrogens with zero attached hydrogens (tertiary/aromatic N) is 2. The third-order valence-corrected chi connectivity index (χ3v) is 6.26. The fourth-order valence-corrected chi connectivity index (χ4v) is 4.23. The summed E-state index contributed by atoms with van der Waals surface area (Å²) in [6, 6.07) is 9.91. The SMILES string of the molecule is CC.CC.CC(=O)[C@H](CCCN=C(N)CCl)NS(=O)(=O)c1ccc2cc(N(C)C)ccc2c1.